The molecular weight excluding hydrogens is 234 g/mol. The van der Waals surface area contributed by atoms with Gasteiger partial charge in [0.1, 0.15) is 0 Å². The van der Waals surface area contributed by atoms with E-state index in [0.717, 1.165) is 6.42 Å². The lowest BCUT2D eigenvalue weighted by molar-refractivity contribution is -0.155. The summed E-state index contributed by atoms with van der Waals surface area (Å²) in [6.07, 6.45) is 0.862. The van der Waals surface area contributed by atoms with Crippen LogP contribution in [0.2, 0.25) is 0 Å². The molecule has 0 bridgehead atoms. The molecule has 1 amide bonds. The molecular formula is C13H23NO4. The van der Waals surface area contributed by atoms with Crippen molar-refractivity contribution in [1.29, 1.82) is 0 Å². The molecule has 5 nitrogen and oxygen atoms in total. The lowest BCUT2D eigenvalue weighted by atomic mass is 9.76. The SMILES string of the molecule is CC(C)C(C)(CC(=O)N(C)C1CCOC1)C(=O)O. The first-order valence-electron chi connectivity index (χ1n) is 6.36. The first-order chi connectivity index (χ1) is 8.29. The minimum atomic E-state index is -1.01. The van der Waals surface area contributed by atoms with Crippen LogP contribution in [0.25, 0.3) is 0 Å². The summed E-state index contributed by atoms with van der Waals surface area (Å²) < 4.78 is 5.24. The third-order valence-corrected chi connectivity index (χ3v) is 4.13. The van der Waals surface area contributed by atoms with Crippen molar-refractivity contribution >= 4 is 11.9 Å². The molecule has 1 rings (SSSR count). The molecule has 1 aliphatic heterocycles. The number of carboxylic acid groups (broad SMARTS) is 1. The van der Waals surface area contributed by atoms with Gasteiger partial charge < -0.3 is 14.7 Å². The highest BCUT2D eigenvalue weighted by Crippen LogP contribution is 2.32. The van der Waals surface area contributed by atoms with E-state index < -0.39 is 11.4 Å². The summed E-state index contributed by atoms with van der Waals surface area (Å²) in [7, 11) is 1.73. The Bertz CT molecular complexity index is 323. The number of hydrogen-bond donors (Lipinski definition) is 1. The first kappa shape index (κ1) is 15.0. The van der Waals surface area contributed by atoms with E-state index in [1.807, 2.05) is 13.8 Å². The molecule has 5 heteroatoms. The van der Waals surface area contributed by atoms with E-state index >= 15 is 0 Å². The summed E-state index contributed by atoms with van der Waals surface area (Å²) in [6, 6.07) is 0.0858. The van der Waals surface area contributed by atoms with Gasteiger partial charge in [-0.15, -0.1) is 0 Å². The normalized spacial score (nSPS) is 22.8. The molecule has 0 aromatic rings. The monoisotopic (exact) mass is 257 g/mol. The predicted octanol–water partition coefficient (Wildman–Crippen LogP) is 1.37. The second-order valence-electron chi connectivity index (χ2n) is 5.58. The number of aliphatic carboxylic acids is 1. The van der Waals surface area contributed by atoms with Crippen molar-refractivity contribution in [2.75, 3.05) is 20.3 Å². The molecule has 0 spiro atoms. The van der Waals surface area contributed by atoms with E-state index in [2.05, 4.69) is 0 Å². The lowest BCUT2D eigenvalue weighted by Gasteiger charge is -2.32. The Morgan fingerprint density at radius 2 is 2.11 bits per heavy atom. The predicted molar refractivity (Wildman–Crippen MR) is 67.2 cm³/mol. The quantitative estimate of drug-likeness (QED) is 0.807. The number of ether oxygens (including phenoxy) is 1. The first-order valence-corrected chi connectivity index (χ1v) is 6.36. The summed E-state index contributed by atoms with van der Waals surface area (Å²) in [5.74, 6) is -1.13. The van der Waals surface area contributed by atoms with Crippen molar-refractivity contribution in [2.45, 2.75) is 39.7 Å². The Morgan fingerprint density at radius 3 is 2.50 bits per heavy atom. The van der Waals surface area contributed by atoms with Gasteiger partial charge in [-0.1, -0.05) is 13.8 Å². The van der Waals surface area contributed by atoms with Crippen LogP contribution in [0.5, 0.6) is 0 Å². The van der Waals surface area contributed by atoms with E-state index in [4.69, 9.17) is 4.74 Å². The van der Waals surface area contributed by atoms with Crippen molar-refractivity contribution in [3.63, 3.8) is 0 Å². The smallest absolute Gasteiger partial charge is 0.310 e. The van der Waals surface area contributed by atoms with Crippen LogP contribution < -0.4 is 0 Å². The maximum absolute atomic E-state index is 12.2. The van der Waals surface area contributed by atoms with Gasteiger partial charge in [-0.2, -0.15) is 0 Å². The Labute approximate surface area is 108 Å². The highest BCUT2D eigenvalue weighted by molar-refractivity contribution is 5.85. The second-order valence-corrected chi connectivity index (χ2v) is 5.58. The maximum Gasteiger partial charge on any atom is 0.310 e. The molecule has 0 aliphatic carbocycles. The van der Waals surface area contributed by atoms with Crippen LogP contribution in [0.4, 0.5) is 0 Å². The third kappa shape index (κ3) is 3.02. The zero-order chi connectivity index (χ0) is 13.9. The van der Waals surface area contributed by atoms with E-state index in [-0.39, 0.29) is 24.3 Å². The zero-order valence-corrected chi connectivity index (χ0v) is 11.6. The number of rotatable bonds is 5. The maximum atomic E-state index is 12.2. The molecule has 1 saturated heterocycles. The summed E-state index contributed by atoms with van der Waals surface area (Å²) in [5, 5.41) is 9.30. The molecule has 1 fully saturated rings. The van der Waals surface area contributed by atoms with Crippen LogP contribution in [-0.2, 0) is 14.3 Å². The fourth-order valence-corrected chi connectivity index (χ4v) is 2.00. The van der Waals surface area contributed by atoms with Crippen LogP contribution in [0.1, 0.15) is 33.6 Å². The number of carboxylic acids is 1. The van der Waals surface area contributed by atoms with Crippen molar-refractivity contribution in [1.82, 2.24) is 4.90 Å². The van der Waals surface area contributed by atoms with E-state index in [1.165, 1.54) is 0 Å². The van der Waals surface area contributed by atoms with Gasteiger partial charge in [0.25, 0.3) is 0 Å². The van der Waals surface area contributed by atoms with Gasteiger partial charge in [-0.05, 0) is 19.3 Å². The Balaban J connectivity index is 2.69. The van der Waals surface area contributed by atoms with E-state index in [9.17, 15) is 14.7 Å². The average molecular weight is 257 g/mol. The van der Waals surface area contributed by atoms with Gasteiger partial charge in [0, 0.05) is 20.1 Å². The number of likely N-dealkylation sites (N-methyl/N-ethyl adjacent to an activating group) is 1. The van der Waals surface area contributed by atoms with Crippen molar-refractivity contribution in [3.05, 3.63) is 0 Å². The number of hydrogen-bond acceptors (Lipinski definition) is 3. The van der Waals surface area contributed by atoms with Gasteiger partial charge in [0.2, 0.25) is 5.91 Å². The molecule has 0 saturated carbocycles. The number of nitrogens with zero attached hydrogens (tertiary/aromatic N) is 1. The van der Waals surface area contributed by atoms with Gasteiger partial charge in [-0.3, -0.25) is 9.59 Å². The lowest BCUT2D eigenvalue weighted by Crippen LogP contribution is -2.43. The molecule has 0 radical (unpaired) electrons. The topological polar surface area (TPSA) is 66.8 Å². The van der Waals surface area contributed by atoms with Crippen molar-refractivity contribution in [3.8, 4) is 0 Å². The van der Waals surface area contributed by atoms with Gasteiger partial charge in [0.05, 0.1) is 18.1 Å². The van der Waals surface area contributed by atoms with Crippen LogP contribution in [0.3, 0.4) is 0 Å². The Kier molecular flexibility index (Phi) is 4.73. The standard InChI is InChI=1S/C13H23NO4/c1-9(2)13(3,12(16)17)7-11(15)14(4)10-5-6-18-8-10/h9-10H,5-8H2,1-4H3,(H,16,17). The fourth-order valence-electron chi connectivity index (χ4n) is 2.00. The summed E-state index contributed by atoms with van der Waals surface area (Å²) in [6.45, 7) is 6.52. The van der Waals surface area contributed by atoms with Crippen LogP contribution in [0.15, 0.2) is 0 Å². The highest BCUT2D eigenvalue weighted by atomic mass is 16.5. The zero-order valence-electron chi connectivity index (χ0n) is 11.6. The largest absolute Gasteiger partial charge is 0.481 e. The fraction of sp³-hybridized carbons (Fsp3) is 0.846. The minimum Gasteiger partial charge on any atom is -0.481 e. The van der Waals surface area contributed by atoms with Crippen LogP contribution >= 0.6 is 0 Å². The molecule has 104 valence electrons. The van der Waals surface area contributed by atoms with Crippen molar-refractivity contribution < 1.29 is 19.4 Å². The summed E-state index contributed by atoms with van der Waals surface area (Å²) in [4.78, 5) is 25.1. The number of carbonyl (C=O) groups is 2. The Morgan fingerprint density at radius 1 is 1.50 bits per heavy atom. The van der Waals surface area contributed by atoms with Gasteiger partial charge in [-0.25, -0.2) is 0 Å². The average Bonchev–Trinajstić information content (AvgIpc) is 2.80. The third-order valence-electron chi connectivity index (χ3n) is 4.13. The minimum absolute atomic E-state index is 0.0347. The molecule has 1 aliphatic rings. The molecule has 2 unspecified atom stereocenters. The van der Waals surface area contributed by atoms with Crippen LogP contribution in [0, 0.1) is 11.3 Å². The van der Waals surface area contributed by atoms with E-state index in [0.29, 0.717) is 13.2 Å². The number of carbonyl (C=O) groups excluding carboxylic acids is 1. The number of amides is 1. The molecule has 18 heavy (non-hydrogen) atoms. The molecule has 1 N–H and O–H groups in total. The molecule has 0 aromatic heterocycles. The second kappa shape index (κ2) is 5.69. The van der Waals surface area contributed by atoms with Crippen LogP contribution in [-0.4, -0.2) is 48.2 Å². The summed E-state index contributed by atoms with van der Waals surface area (Å²) >= 11 is 0. The molecule has 1 heterocycles. The highest BCUT2D eigenvalue weighted by Gasteiger charge is 2.40. The Hall–Kier alpha value is -1.10. The van der Waals surface area contributed by atoms with Gasteiger partial charge in [0.15, 0.2) is 0 Å². The molecule has 2 atom stereocenters. The van der Waals surface area contributed by atoms with Gasteiger partial charge >= 0.3 is 5.97 Å². The van der Waals surface area contributed by atoms with E-state index in [1.54, 1.807) is 18.9 Å². The summed E-state index contributed by atoms with van der Waals surface area (Å²) in [5.41, 5.74) is -1.01. The van der Waals surface area contributed by atoms with Crippen molar-refractivity contribution in [2.24, 2.45) is 11.3 Å². The molecule has 0 aromatic carbocycles.